The van der Waals surface area contributed by atoms with Crippen molar-refractivity contribution in [1.82, 2.24) is 0 Å². The fourth-order valence-corrected chi connectivity index (χ4v) is 5.39. The maximum Gasteiger partial charge on any atom is 0.179 e. The number of benzene rings is 1. The van der Waals surface area contributed by atoms with Crippen LogP contribution < -0.4 is 0 Å². The van der Waals surface area contributed by atoms with Gasteiger partial charge in [-0.1, -0.05) is 32.9 Å². The predicted molar refractivity (Wildman–Crippen MR) is 87.4 cm³/mol. The molecule has 0 bridgehead atoms. The molecule has 3 rings (SSSR count). The third-order valence-corrected chi connectivity index (χ3v) is 6.85. The average molecular weight is 356 g/mol. The number of aliphatic hydroxyl groups is 3. The van der Waals surface area contributed by atoms with Crippen molar-refractivity contribution in [3.8, 4) is 0 Å². The van der Waals surface area contributed by atoms with E-state index in [-0.39, 0.29) is 16.1 Å². The van der Waals surface area contributed by atoms with E-state index in [0.717, 1.165) is 5.56 Å². The van der Waals surface area contributed by atoms with Gasteiger partial charge >= 0.3 is 0 Å². The standard InChI is InChI=1S/C17H24O6S/c1-17(2,3)9-4-5-13-10(6-9)16-11(8-24(13,21)22)14(19)15(20)12(7-18)23-16/h4-6,11-12,14-16,18-20H,7-8H2,1-3H3/t11-,12-,14-,15-,16-/m1/s1. The molecule has 0 amide bonds. The molecule has 1 aromatic rings. The Balaban J connectivity index is 2.15. The number of rotatable bonds is 1. The molecular weight excluding hydrogens is 332 g/mol. The highest BCUT2D eigenvalue weighted by molar-refractivity contribution is 7.91. The van der Waals surface area contributed by atoms with Crippen molar-refractivity contribution in [2.45, 2.75) is 55.5 Å². The van der Waals surface area contributed by atoms with Crippen LogP contribution in [0.5, 0.6) is 0 Å². The number of fused-ring (bicyclic) bond motifs is 3. The molecule has 6 nitrogen and oxygen atoms in total. The topological polar surface area (TPSA) is 104 Å². The van der Waals surface area contributed by atoms with Crippen molar-refractivity contribution in [2.24, 2.45) is 5.92 Å². The van der Waals surface area contributed by atoms with Crippen LogP contribution in [-0.2, 0) is 20.0 Å². The molecule has 0 aliphatic carbocycles. The minimum absolute atomic E-state index is 0.172. The normalized spacial score (nSPS) is 35.2. The lowest BCUT2D eigenvalue weighted by Crippen LogP contribution is -2.55. The Morgan fingerprint density at radius 2 is 1.88 bits per heavy atom. The lowest BCUT2D eigenvalue weighted by molar-refractivity contribution is -0.208. The molecule has 0 saturated carbocycles. The first-order valence-corrected chi connectivity index (χ1v) is 9.71. The van der Waals surface area contributed by atoms with Gasteiger partial charge in [0.15, 0.2) is 9.84 Å². The Morgan fingerprint density at radius 3 is 2.46 bits per heavy atom. The van der Waals surface area contributed by atoms with E-state index in [2.05, 4.69) is 0 Å². The maximum atomic E-state index is 12.6. The van der Waals surface area contributed by atoms with Gasteiger partial charge in [-0.2, -0.15) is 0 Å². The van der Waals surface area contributed by atoms with Crippen LogP contribution >= 0.6 is 0 Å². The molecule has 7 heteroatoms. The largest absolute Gasteiger partial charge is 0.394 e. The summed E-state index contributed by atoms with van der Waals surface area (Å²) in [6.45, 7) is 5.64. The fraction of sp³-hybridized carbons (Fsp3) is 0.647. The Morgan fingerprint density at radius 1 is 1.21 bits per heavy atom. The van der Waals surface area contributed by atoms with E-state index in [1.807, 2.05) is 26.8 Å². The first-order chi connectivity index (χ1) is 11.1. The minimum Gasteiger partial charge on any atom is -0.394 e. The zero-order valence-corrected chi connectivity index (χ0v) is 14.8. The van der Waals surface area contributed by atoms with Crippen LogP contribution in [0.1, 0.15) is 38.0 Å². The molecule has 134 valence electrons. The summed E-state index contributed by atoms with van der Waals surface area (Å²) in [5, 5.41) is 29.8. The predicted octanol–water partition coefficient (Wildman–Crippen LogP) is 0.542. The van der Waals surface area contributed by atoms with Crippen LogP contribution in [0.3, 0.4) is 0 Å². The summed E-state index contributed by atoms with van der Waals surface area (Å²) in [7, 11) is -3.57. The zero-order valence-electron chi connectivity index (χ0n) is 14.0. The molecule has 2 aliphatic heterocycles. The van der Waals surface area contributed by atoms with Gasteiger partial charge in [-0.3, -0.25) is 0 Å². The van der Waals surface area contributed by atoms with Gasteiger partial charge in [-0.25, -0.2) is 8.42 Å². The second-order valence-electron chi connectivity index (χ2n) is 7.71. The molecule has 0 radical (unpaired) electrons. The van der Waals surface area contributed by atoms with Gasteiger partial charge in [0.1, 0.15) is 12.2 Å². The molecule has 1 aromatic carbocycles. The quantitative estimate of drug-likeness (QED) is 0.679. The molecule has 1 fully saturated rings. The van der Waals surface area contributed by atoms with Crippen LogP contribution in [-0.4, -0.2) is 54.4 Å². The molecule has 0 spiro atoms. The molecule has 2 heterocycles. The van der Waals surface area contributed by atoms with Crippen LogP contribution in [0.15, 0.2) is 23.1 Å². The molecule has 0 unspecified atom stereocenters. The summed E-state index contributed by atoms with van der Waals surface area (Å²) in [4.78, 5) is 0.206. The molecule has 24 heavy (non-hydrogen) atoms. The van der Waals surface area contributed by atoms with E-state index >= 15 is 0 Å². The molecule has 1 saturated heterocycles. The summed E-state index contributed by atoms with van der Waals surface area (Å²) in [6.07, 6.45) is -4.17. The van der Waals surface area contributed by atoms with E-state index in [1.54, 1.807) is 12.1 Å². The molecular formula is C17H24O6S. The zero-order chi connectivity index (χ0) is 17.9. The van der Waals surface area contributed by atoms with Crippen molar-refractivity contribution < 1.29 is 28.5 Å². The van der Waals surface area contributed by atoms with E-state index in [0.29, 0.717) is 5.56 Å². The van der Waals surface area contributed by atoms with Gasteiger partial charge in [0.25, 0.3) is 0 Å². The second kappa shape index (κ2) is 5.78. The van der Waals surface area contributed by atoms with E-state index in [9.17, 15) is 23.7 Å². The summed E-state index contributed by atoms with van der Waals surface area (Å²) in [5.41, 5.74) is 1.29. The summed E-state index contributed by atoms with van der Waals surface area (Å²) in [5.74, 6) is -1.04. The fourth-order valence-electron chi connectivity index (χ4n) is 3.53. The van der Waals surface area contributed by atoms with E-state index in [1.165, 1.54) is 0 Å². The van der Waals surface area contributed by atoms with Gasteiger partial charge < -0.3 is 20.1 Å². The highest BCUT2D eigenvalue weighted by Crippen LogP contribution is 2.45. The SMILES string of the molecule is CC(C)(C)c1ccc2c(c1)[C@H]1O[C@H](CO)[C@@H](O)[C@H](O)[C@H]1CS2(=O)=O. The van der Waals surface area contributed by atoms with Gasteiger partial charge in [0.2, 0.25) is 0 Å². The summed E-state index contributed by atoms with van der Waals surface area (Å²) in [6, 6.07) is 5.20. The lowest BCUT2D eigenvalue weighted by Gasteiger charge is -2.45. The van der Waals surface area contributed by atoms with Crippen molar-refractivity contribution in [3.05, 3.63) is 29.3 Å². The van der Waals surface area contributed by atoms with Crippen molar-refractivity contribution >= 4 is 9.84 Å². The van der Waals surface area contributed by atoms with Crippen molar-refractivity contribution in [3.63, 3.8) is 0 Å². The highest BCUT2D eigenvalue weighted by atomic mass is 32.2. The van der Waals surface area contributed by atoms with E-state index < -0.39 is 46.8 Å². The lowest BCUT2D eigenvalue weighted by atomic mass is 9.81. The number of ether oxygens (including phenoxy) is 1. The first kappa shape index (κ1) is 17.8. The number of hydrogen-bond acceptors (Lipinski definition) is 6. The molecule has 2 aliphatic rings. The Hall–Kier alpha value is -0.990. The van der Waals surface area contributed by atoms with Crippen LogP contribution in [0.4, 0.5) is 0 Å². The molecule has 3 N–H and O–H groups in total. The average Bonchev–Trinajstić information content (AvgIpc) is 2.50. The molecule has 5 atom stereocenters. The van der Waals surface area contributed by atoms with Crippen LogP contribution in [0.25, 0.3) is 0 Å². The van der Waals surface area contributed by atoms with Crippen molar-refractivity contribution in [1.29, 1.82) is 0 Å². The number of aliphatic hydroxyl groups excluding tert-OH is 3. The van der Waals surface area contributed by atoms with Gasteiger partial charge in [-0.15, -0.1) is 0 Å². The monoisotopic (exact) mass is 356 g/mol. The number of sulfone groups is 1. The van der Waals surface area contributed by atoms with Crippen molar-refractivity contribution in [2.75, 3.05) is 12.4 Å². The third kappa shape index (κ3) is 2.78. The highest BCUT2D eigenvalue weighted by Gasteiger charge is 2.50. The maximum absolute atomic E-state index is 12.6. The Kier molecular flexibility index (Phi) is 4.29. The third-order valence-electron chi connectivity index (χ3n) is 4.99. The van der Waals surface area contributed by atoms with Crippen LogP contribution in [0.2, 0.25) is 0 Å². The minimum atomic E-state index is -3.57. The van der Waals surface area contributed by atoms with Crippen LogP contribution in [0, 0.1) is 5.92 Å². The number of hydrogen-bond donors (Lipinski definition) is 3. The first-order valence-electron chi connectivity index (χ1n) is 8.06. The van der Waals surface area contributed by atoms with Gasteiger partial charge in [0, 0.05) is 11.5 Å². The van der Waals surface area contributed by atoms with Gasteiger partial charge in [0.05, 0.1) is 29.5 Å². The summed E-state index contributed by atoms with van der Waals surface area (Å²) >= 11 is 0. The Labute approximate surface area is 142 Å². The van der Waals surface area contributed by atoms with Gasteiger partial charge in [-0.05, 0) is 17.0 Å². The summed E-state index contributed by atoms with van der Waals surface area (Å²) < 4.78 is 31.0. The van der Waals surface area contributed by atoms with E-state index in [4.69, 9.17) is 4.74 Å². The second-order valence-corrected chi connectivity index (χ2v) is 9.71. The smallest absolute Gasteiger partial charge is 0.179 e. The molecule has 0 aromatic heterocycles. The Bertz CT molecular complexity index is 736.